The number of rotatable bonds is 10. The Kier molecular flexibility index (Phi) is 8.45. The molecule has 0 saturated carbocycles. The maximum absolute atomic E-state index is 14.3. The summed E-state index contributed by atoms with van der Waals surface area (Å²) in [5, 5.41) is 13.4. The van der Waals surface area contributed by atoms with Crippen molar-refractivity contribution in [2.24, 2.45) is 0 Å². The Labute approximate surface area is 224 Å². The van der Waals surface area contributed by atoms with Crippen LogP contribution in [0, 0.1) is 5.82 Å². The monoisotopic (exact) mass is 559 g/mol. The van der Waals surface area contributed by atoms with E-state index < -0.39 is 24.1 Å². The van der Waals surface area contributed by atoms with Crippen LogP contribution in [-0.4, -0.2) is 34.9 Å². The number of nitrogens with one attached hydrogen (secondary N) is 1. The molecule has 202 valence electrons. The van der Waals surface area contributed by atoms with E-state index in [0.717, 1.165) is 5.56 Å². The summed E-state index contributed by atoms with van der Waals surface area (Å²) in [5.41, 5.74) is 2.31. The Hall–Kier alpha value is -4.45. The molecule has 2 N–H and O–H groups in total. The van der Waals surface area contributed by atoms with Crippen molar-refractivity contribution in [3.63, 3.8) is 0 Å². The molecule has 1 aromatic heterocycles. The highest BCUT2D eigenvalue weighted by molar-refractivity contribution is 7.14. The molecule has 0 bridgehead atoms. The molecule has 4 rings (SSSR count). The lowest BCUT2D eigenvalue weighted by atomic mass is 10.1. The second-order valence-electron chi connectivity index (χ2n) is 8.22. The van der Waals surface area contributed by atoms with Crippen LogP contribution in [0.15, 0.2) is 78.2 Å². The van der Waals surface area contributed by atoms with Crippen LogP contribution in [0.3, 0.4) is 0 Å². The van der Waals surface area contributed by atoms with Gasteiger partial charge in [0.2, 0.25) is 0 Å². The lowest BCUT2D eigenvalue weighted by Crippen LogP contribution is -2.26. The molecule has 0 unspecified atom stereocenters. The van der Waals surface area contributed by atoms with E-state index in [4.69, 9.17) is 5.11 Å². The topological polar surface area (TPSA) is 91.8 Å². The van der Waals surface area contributed by atoms with Gasteiger partial charge in [0.15, 0.2) is 5.13 Å². The number of hydrogen-bond acceptors (Lipinski definition) is 6. The van der Waals surface area contributed by atoms with E-state index in [-0.39, 0.29) is 25.3 Å². The first kappa shape index (κ1) is 27.6. The fraction of sp³-hybridized carbons (Fsp3) is 0.148. The number of amides is 1. The highest BCUT2D eigenvalue weighted by atomic mass is 32.1. The molecular weight excluding hydrogens is 538 g/mol. The van der Waals surface area contributed by atoms with Gasteiger partial charge in [-0.1, -0.05) is 24.3 Å². The highest BCUT2D eigenvalue weighted by Crippen LogP contribution is 2.35. The molecule has 0 aliphatic rings. The van der Waals surface area contributed by atoms with E-state index in [1.165, 1.54) is 41.7 Å². The summed E-state index contributed by atoms with van der Waals surface area (Å²) in [4.78, 5) is 29.2. The number of carboxylic acid groups (broad SMARTS) is 1. The first-order valence-electron chi connectivity index (χ1n) is 11.5. The first-order valence-corrected chi connectivity index (χ1v) is 12.4. The summed E-state index contributed by atoms with van der Waals surface area (Å²) >= 11 is 1.23. The van der Waals surface area contributed by atoms with Crippen molar-refractivity contribution in [2.45, 2.75) is 19.3 Å². The zero-order valence-corrected chi connectivity index (χ0v) is 20.9. The van der Waals surface area contributed by atoms with Crippen LogP contribution in [0.1, 0.15) is 22.3 Å². The summed E-state index contributed by atoms with van der Waals surface area (Å²) in [5.74, 6) is -2.26. The second kappa shape index (κ2) is 11.9. The van der Waals surface area contributed by atoms with Crippen molar-refractivity contribution in [1.29, 1.82) is 0 Å². The largest absolute Gasteiger partial charge is 0.573 e. The number of anilines is 2. The molecule has 0 aliphatic carbocycles. The summed E-state index contributed by atoms with van der Waals surface area (Å²) in [7, 11) is 0. The number of halogens is 4. The van der Waals surface area contributed by atoms with E-state index in [1.54, 1.807) is 52.7 Å². The standard InChI is InChI=1S/C27H21F4N3O4S/c28-22-4-2-1-3-21(22)23-16-39-26(33-23)34(19-9-11-20(12-10-19)38-27(29,30)31)15-17-5-7-18(8-6-17)25(37)32-14-13-24(35)36/h1-12,16H,13-15H2,(H,32,37)(H,35,36). The molecule has 0 saturated heterocycles. The normalized spacial score (nSPS) is 11.2. The summed E-state index contributed by atoms with van der Waals surface area (Å²) in [6, 6.07) is 18.0. The Bertz CT molecular complexity index is 1440. The third-order valence-corrected chi connectivity index (χ3v) is 6.30. The van der Waals surface area contributed by atoms with E-state index in [2.05, 4.69) is 15.0 Å². The molecule has 7 nitrogen and oxygen atoms in total. The van der Waals surface area contributed by atoms with E-state index in [1.807, 2.05) is 0 Å². The number of carbonyl (C=O) groups excluding carboxylic acids is 1. The van der Waals surface area contributed by atoms with Gasteiger partial charge in [-0.05, 0) is 54.1 Å². The van der Waals surface area contributed by atoms with Crippen molar-refractivity contribution in [3.05, 3.63) is 95.1 Å². The third-order valence-electron chi connectivity index (χ3n) is 5.44. The van der Waals surface area contributed by atoms with Gasteiger partial charge in [0.05, 0.1) is 18.7 Å². The number of alkyl halides is 3. The van der Waals surface area contributed by atoms with Gasteiger partial charge in [0.1, 0.15) is 11.6 Å². The first-order chi connectivity index (χ1) is 18.6. The summed E-state index contributed by atoms with van der Waals surface area (Å²) in [6.45, 7) is 0.219. The fourth-order valence-electron chi connectivity index (χ4n) is 3.61. The highest BCUT2D eigenvalue weighted by Gasteiger charge is 2.31. The maximum atomic E-state index is 14.3. The third kappa shape index (κ3) is 7.54. The fourth-order valence-corrected chi connectivity index (χ4v) is 4.45. The van der Waals surface area contributed by atoms with Crippen LogP contribution < -0.4 is 15.0 Å². The number of aromatic nitrogens is 1. The smallest absolute Gasteiger partial charge is 0.481 e. The molecular formula is C27H21F4N3O4S. The number of aliphatic carboxylic acids is 1. The molecule has 12 heteroatoms. The maximum Gasteiger partial charge on any atom is 0.573 e. The van der Waals surface area contributed by atoms with Gasteiger partial charge in [0, 0.05) is 28.7 Å². The van der Waals surface area contributed by atoms with Crippen molar-refractivity contribution < 1.29 is 37.0 Å². The number of thiazole rings is 1. The predicted octanol–water partition coefficient (Wildman–Crippen LogP) is 6.39. The second-order valence-corrected chi connectivity index (χ2v) is 9.06. The van der Waals surface area contributed by atoms with Crippen LogP contribution in [-0.2, 0) is 11.3 Å². The lowest BCUT2D eigenvalue weighted by molar-refractivity contribution is -0.274. The van der Waals surface area contributed by atoms with Crippen molar-refractivity contribution in [2.75, 3.05) is 11.4 Å². The van der Waals surface area contributed by atoms with Gasteiger partial charge in [-0.3, -0.25) is 9.59 Å². The summed E-state index contributed by atoms with van der Waals surface area (Å²) in [6.07, 6.45) is -5.03. The summed E-state index contributed by atoms with van der Waals surface area (Å²) < 4.78 is 56.2. The van der Waals surface area contributed by atoms with E-state index >= 15 is 0 Å². The molecule has 3 aromatic carbocycles. The zero-order chi connectivity index (χ0) is 28.0. The van der Waals surface area contributed by atoms with Crippen molar-refractivity contribution in [1.82, 2.24) is 10.3 Å². The van der Waals surface area contributed by atoms with Gasteiger partial charge < -0.3 is 20.1 Å². The minimum Gasteiger partial charge on any atom is -0.481 e. The van der Waals surface area contributed by atoms with Gasteiger partial charge in [0.25, 0.3) is 5.91 Å². The van der Waals surface area contributed by atoms with Crippen molar-refractivity contribution >= 4 is 34.0 Å². The van der Waals surface area contributed by atoms with Crippen LogP contribution in [0.4, 0.5) is 28.4 Å². The minimum atomic E-state index is -4.83. The van der Waals surface area contributed by atoms with Gasteiger partial charge in [-0.25, -0.2) is 9.37 Å². The predicted molar refractivity (Wildman–Crippen MR) is 138 cm³/mol. The molecule has 0 spiro atoms. The number of carbonyl (C=O) groups is 2. The minimum absolute atomic E-state index is 0.00780. The average Bonchev–Trinajstić information content (AvgIpc) is 3.37. The molecule has 39 heavy (non-hydrogen) atoms. The Morgan fingerprint density at radius 2 is 1.69 bits per heavy atom. The number of nitrogens with zero attached hydrogens (tertiary/aromatic N) is 2. The molecule has 0 atom stereocenters. The SMILES string of the molecule is O=C(O)CCNC(=O)c1ccc(CN(c2ccc(OC(F)(F)F)cc2)c2nc(-c3ccccc3F)cs2)cc1. The number of carboxylic acids is 1. The van der Waals surface area contributed by atoms with Crippen LogP contribution >= 0.6 is 11.3 Å². The van der Waals surface area contributed by atoms with Gasteiger partial charge in [-0.2, -0.15) is 0 Å². The quantitative estimate of drug-likeness (QED) is 0.219. The molecule has 1 heterocycles. The Morgan fingerprint density at radius 1 is 1.00 bits per heavy atom. The molecule has 4 aromatic rings. The van der Waals surface area contributed by atoms with Crippen LogP contribution in [0.2, 0.25) is 0 Å². The number of hydrogen-bond donors (Lipinski definition) is 2. The van der Waals surface area contributed by atoms with Gasteiger partial charge in [-0.15, -0.1) is 24.5 Å². The molecule has 1 amide bonds. The number of ether oxygens (including phenoxy) is 1. The molecule has 0 radical (unpaired) electrons. The molecule has 0 fully saturated rings. The van der Waals surface area contributed by atoms with Crippen LogP contribution in [0.25, 0.3) is 11.3 Å². The Balaban J connectivity index is 1.59. The van der Waals surface area contributed by atoms with Crippen LogP contribution in [0.5, 0.6) is 5.75 Å². The zero-order valence-electron chi connectivity index (χ0n) is 20.1. The number of benzene rings is 3. The van der Waals surface area contributed by atoms with E-state index in [9.17, 15) is 27.2 Å². The van der Waals surface area contributed by atoms with Gasteiger partial charge >= 0.3 is 12.3 Å². The Morgan fingerprint density at radius 3 is 2.33 bits per heavy atom. The van der Waals surface area contributed by atoms with E-state index in [0.29, 0.717) is 27.6 Å². The molecule has 0 aliphatic heterocycles. The van der Waals surface area contributed by atoms with Crippen molar-refractivity contribution in [3.8, 4) is 17.0 Å². The average molecular weight is 560 g/mol. The lowest BCUT2D eigenvalue weighted by Gasteiger charge is -2.23.